The molecule has 2 aromatic rings. The van der Waals surface area contributed by atoms with Crippen molar-refractivity contribution in [2.45, 2.75) is 12.5 Å². The lowest BCUT2D eigenvalue weighted by Gasteiger charge is -2.13. The quantitative estimate of drug-likeness (QED) is 0.806. The van der Waals surface area contributed by atoms with E-state index in [9.17, 15) is 19.1 Å². The zero-order valence-corrected chi connectivity index (χ0v) is 12.3. The van der Waals surface area contributed by atoms with Crippen LogP contribution in [0.25, 0.3) is 6.08 Å². The largest absolute Gasteiger partial charge is 0.480 e. The van der Waals surface area contributed by atoms with E-state index in [-0.39, 0.29) is 12.0 Å². The number of amides is 1. The normalized spacial score (nSPS) is 12.0. The van der Waals surface area contributed by atoms with E-state index in [0.29, 0.717) is 0 Å². The molecule has 4 nitrogen and oxygen atoms in total. The van der Waals surface area contributed by atoms with Crippen LogP contribution in [0.5, 0.6) is 0 Å². The molecule has 2 aromatic carbocycles. The van der Waals surface area contributed by atoms with Gasteiger partial charge in [-0.1, -0.05) is 48.5 Å². The number of rotatable bonds is 6. The molecule has 1 amide bonds. The summed E-state index contributed by atoms with van der Waals surface area (Å²) in [6, 6.07) is 14.0. The Morgan fingerprint density at radius 2 is 1.74 bits per heavy atom. The Hall–Kier alpha value is -2.95. The van der Waals surface area contributed by atoms with E-state index in [4.69, 9.17) is 0 Å². The fraction of sp³-hybridized carbons (Fsp3) is 0.111. The number of aliphatic carboxylic acids is 1. The SMILES string of the molecule is O=C(/C=C/c1ccccc1F)N[C@@H](Cc1ccccc1)C(=O)O. The average molecular weight is 313 g/mol. The first-order valence-electron chi connectivity index (χ1n) is 7.06. The van der Waals surface area contributed by atoms with Crippen molar-refractivity contribution in [2.24, 2.45) is 0 Å². The molecule has 0 spiro atoms. The second-order valence-electron chi connectivity index (χ2n) is 4.94. The van der Waals surface area contributed by atoms with Crippen LogP contribution in [0, 0.1) is 5.82 Å². The molecular weight excluding hydrogens is 297 g/mol. The Labute approximate surface area is 133 Å². The third kappa shape index (κ3) is 5.07. The highest BCUT2D eigenvalue weighted by atomic mass is 19.1. The summed E-state index contributed by atoms with van der Waals surface area (Å²) in [5, 5.41) is 11.6. The van der Waals surface area contributed by atoms with Crippen molar-refractivity contribution < 1.29 is 19.1 Å². The zero-order chi connectivity index (χ0) is 16.7. The highest BCUT2D eigenvalue weighted by molar-refractivity contribution is 5.94. The van der Waals surface area contributed by atoms with Gasteiger partial charge in [0.05, 0.1) is 0 Å². The molecule has 0 bridgehead atoms. The first-order valence-corrected chi connectivity index (χ1v) is 7.06. The summed E-state index contributed by atoms with van der Waals surface area (Å²) in [4.78, 5) is 23.1. The maximum absolute atomic E-state index is 13.4. The van der Waals surface area contributed by atoms with E-state index >= 15 is 0 Å². The van der Waals surface area contributed by atoms with Gasteiger partial charge >= 0.3 is 5.97 Å². The third-order valence-electron chi connectivity index (χ3n) is 3.22. The number of carbonyl (C=O) groups is 2. The monoisotopic (exact) mass is 313 g/mol. The van der Waals surface area contributed by atoms with Crippen LogP contribution in [0.15, 0.2) is 60.7 Å². The van der Waals surface area contributed by atoms with Crippen molar-refractivity contribution in [3.8, 4) is 0 Å². The molecule has 0 saturated carbocycles. The van der Waals surface area contributed by atoms with Gasteiger partial charge in [0.15, 0.2) is 0 Å². The lowest BCUT2D eigenvalue weighted by Crippen LogP contribution is -2.41. The fourth-order valence-corrected chi connectivity index (χ4v) is 2.05. The summed E-state index contributed by atoms with van der Waals surface area (Å²) in [7, 11) is 0. The Morgan fingerprint density at radius 3 is 2.39 bits per heavy atom. The lowest BCUT2D eigenvalue weighted by atomic mass is 10.1. The molecule has 1 atom stereocenters. The minimum atomic E-state index is -1.12. The summed E-state index contributed by atoms with van der Waals surface area (Å²) in [5.74, 6) is -2.16. The molecule has 2 rings (SSSR count). The van der Waals surface area contributed by atoms with Crippen molar-refractivity contribution in [3.05, 3.63) is 77.6 Å². The first-order chi connectivity index (χ1) is 11.1. The Morgan fingerprint density at radius 1 is 1.09 bits per heavy atom. The average Bonchev–Trinajstić information content (AvgIpc) is 2.54. The maximum atomic E-state index is 13.4. The molecule has 0 aliphatic carbocycles. The van der Waals surface area contributed by atoms with Crippen molar-refractivity contribution >= 4 is 18.0 Å². The van der Waals surface area contributed by atoms with Crippen molar-refractivity contribution in [3.63, 3.8) is 0 Å². The third-order valence-corrected chi connectivity index (χ3v) is 3.22. The molecular formula is C18H16FNO3. The predicted molar refractivity (Wildman–Crippen MR) is 85.1 cm³/mol. The van der Waals surface area contributed by atoms with Crippen LogP contribution in [0.4, 0.5) is 4.39 Å². The van der Waals surface area contributed by atoms with E-state index in [1.54, 1.807) is 36.4 Å². The topological polar surface area (TPSA) is 66.4 Å². The standard InChI is InChI=1S/C18H16FNO3/c19-15-9-5-4-8-14(15)10-11-17(21)20-16(18(22)23)12-13-6-2-1-3-7-13/h1-11,16H,12H2,(H,20,21)(H,22,23)/b11-10+/t16-/m0/s1. The van der Waals surface area contributed by atoms with E-state index in [1.165, 1.54) is 18.2 Å². The highest BCUT2D eigenvalue weighted by Gasteiger charge is 2.19. The van der Waals surface area contributed by atoms with E-state index < -0.39 is 23.7 Å². The molecule has 5 heteroatoms. The Kier molecular flexibility index (Phi) is 5.63. The van der Waals surface area contributed by atoms with Gasteiger partial charge in [-0.05, 0) is 17.7 Å². The Bertz CT molecular complexity index is 713. The highest BCUT2D eigenvalue weighted by Crippen LogP contribution is 2.08. The summed E-state index contributed by atoms with van der Waals surface area (Å²) < 4.78 is 13.4. The summed E-state index contributed by atoms with van der Waals surface area (Å²) in [6.07, 6.45) is 2.61. The van der Waals surface area contributed by atoms with Gasteiger partial charge < -0.3 is 10.4 Å². The van der Waals surface area contributed by atoms with Crippen LogP contribution in [-0.2, 0) is 16.0 Å². The van der Waals surface area contributed by atoms with Gasteiger partial charge in [0.1, 0.15) is 11.9 Å². The first kappa shape index (κ1) is 16.4. The van der Waals surface area contributed by atoms with Crippen LogP contribution < -0.4 is 5.32 Å². The number of hydrogen-bond donors (Lipinski definition) is 2. The number of nitrogens with one attached hydrogen (secondary N) is 1. The molecule has 0 saturated heterocycles. The molecule has 0 fully saturated rings. The minimum Gasteiger partial charge on any atom is -0.480 e. The molecule has 118 valence electrons. The Balaban J connectivity index is 2.01. The van der Waals surface area contributed by atoms with Crippen LogP contribution in [0.2, 0.25) is 0 Å². The van der Waals surface area contributed by atoms with E-state index in [2.05, 4.69) is 5.32 Å². The number of carboxylic acid groups (broad SMARTS) is 1. The summed E-state index contributed by atoms with van der Waals surface area (Å²) in [6.45, 7) is 0. The van der Waals surface area contributed by atoms with E-state index in [1.807, 2.05) is 6.07 Å². The molecule has 0 aliphatic rings. The summed E-state index contributed by atoms with van der Waals surface area (Å²) in [5.41, 5.74) is 1.07. The lowest BCUT2D eigenvalue weighted by molar-refractivity contribution is -0.141. The molecule has 0 aliphatic heterocycles. The molecule has 0 aromatic heterocycles. The molecule has 0 unspecified atom stereocenters. The van der Waals surface area contributed by atoms with Gasteiger partial charge in [0.2, 0.25) is 5.91 Å². The van der Waals surface area contributed by atoms with E-state index in [0.717, 1.165) is 11.6 Å². The number of hydrogen-bond acceptors (Lipinski definition) is 2. The van der Waals surface area contributed by atoms with Gasteiger partial charge in [-0.25, -0.2) is 9.18 Å². The van der Waals surface area contributed by atoms with Crippen molar-refractivity contribution in [1.82, 2.24) is 5.32 Å². The molecule has 2 N–H and O–H groups in total. The number of benzene rings is 2. The summed E-state index contributed by atoms with van der Waals surface area (Å²) >= 11 is 0. The second-order valence-corrected chi connectivity index (χ2v) is 4.94. The zero-order valence-electron chi connectivity index (χ0n) is 12.3. The van der Waals surface area contributed by atoms with Crippen LogP contribution in [0.1, 0.15) is 11.1 Å². The minimum absolute atomic E-state index is 0.176. The van der Waals surface area contributed by atoms with Crippen LogP contribution in [-0.4, -0.2) is 23.0 Å². The predicted octanol–water partition coefficient (Wildman–Crippen LogP) is 2.65. The van der Waals surface area contributed by atoms with Crippen molar-refractivity contribution in [2.75, 3.05) is 0 Å². The van der Waals surface area contributed by atoms with Crippen molar-refractivity contribution in [1.29, 1.82) is 0 Å². The van der Waals surface area contributed by atoms with Gasteiger partial charge in [-0.3, -0.25) is 4.79 Å². The number of carboxylic acids is 1. The maximum Gasteiger partial charge on any atom is 0.326 e. The van der Waals surface area contributed by atoms with Gasteiger partial charge in [-0.15, -0.1) is 0 Å². The second kappa shape index (κ2) is 7.89. The molecule has 0 heterocycles. The van der Waals surface area contributed by atoms with Crippen LogP contribution >= 0.6 is 0 Å². The van der Waals surface area contributed by atoms with Gasteiger partial charge in [-0.2, -0.15) is 0 Å². The van der Waals surface area contributed by atoms with Gasteiger partial charge in [0, 0.05) is 18.1 Å². The van der Waals surface area contributed by atoms with Gasteiger partial charge in [0.25, 0.3) is 0 Å². The number of halogens is 1. The molecule has 0 radical (unpaired) electrons. The van der Waals surface area contributed by atoms with Crippen LogP contribution in [0.3, 0.4) is 0 Å². The molecule has 23 heavy (non-hydrogen) atoms. The fourth-order valence-electron chi connectivity index (χ4n) is 2.05. The number of carbonyl (C=O) groups excluding carboxylic acids is 1. The smallest absolute Gasteiger partial charge is 0.326 e.